The fourth-order valence-corrected chi connectivity index (χ4v) is 2.20. The van der Waals surface area contributed by atoms with Gasteiger partial charge in [-0.25, -0.2) is 14.6 Å². The van der Waals surface area contributed by atoms with Crippen molar-refractivity contribution < 1.29 is 27.8 Å². The lowest BCUT2D eigenvalue weighted by Crippen LogP contribution is -2.11. The molecule has 0 aliphatic heterocycles. The van der Waals surface area contributed by atoms with Crippen LogP contribution in [0.1, 0.15) is 44.5 Å². The van der Waals surface area contributed by atoms with Gasteiger partial charge in [-0.15, -0.1) is 0 Å². The number of aromatic nitrogens is 3. The van der Waals surface area contributed by atoms with E-state index in [1.165, 1.54) is 13.3 Å². The molecule has 0 aliphatic carbocycles. The summed E-state index contributed by atoms with van der Waals surface area (Å²) in [4.78, 5) is 30.2. The molecular weight excluding hydrogens is 312 g/mol. The van der Waals surface area contributed by atoms with E-state index in [1.807, 2.05) is 0 Å². The topological polar surface area (TPSA) is 86.2 Å². The van der Waals surface area contributed by atoms with Crippen LogP contribution in [0.3, 0.4) is 0 Å². The molecule has 2 rings (SSSR count). The minimum Gasteiger partial charge on any atom is -0.465 e. The summed E-state index contributed by atoms with van der Waals surface area (Å²) in [6, 6.07) is 0. The monoisotopic (exact) mass is 327 g/mol. The van der Waals surface area contributed by atoms with E-state index >= 15 is 0 Å². The Morgan fingerprint density at radius 1 is 1.35 bits per heavy atom. The number of aromatic amines is 1. The number of methoxy groups -OCH3 is 1. The molecule has 7 nitrogen and oxygen atoms in total. The normalized spacial score (nSPS) is 10.9. The van der Waals surface area contributed by atoms with Gasteiger partial charge in [-0.3, -0.25) is 4.57 Å². The number of aryl methyl sites for hydroxylation is 1. The Hall–Kier alpha value is -2.71. The highest BCUT2D eigenvalue weighted by Gasteiger charge is 2.24. The van der Waals surface area contributed by atoms with E-state index in [-0.39, 0.29) is 17.1 Å². The first-order valence-electron chi connectivity index (χ1n) is 6.61. The average molecular weight is 327 g/mol. The summed E-state index contributed by atoms with van der Waals surface area (Å²) in [5.41, 5.74) is 1.14. The zero-order valence-corrected chi connectivity index (χ0v) is 12.7. The average Bonchev–Trinajstić information content (AvgIpc) is 3.09. The van der Waals surface area contributed by atoms with Crippen molar-refractivity contribution in [3.05, 3.63) is 40.7 Å². The number of imidazole rings is 1. The molecule has 0 spiro atoms. The van der Waals surface area contributed by atoms with Gasteiger partial charge in [0.2, 0.25) is 0 Å². The van der Waals surface area contributed by atoms with E-state index in [0.717, 1.165) is 6.20 Å². The number of carbonyl (C=O) groups excluding carboxylic acids is 2. The van der Waals surface area contributed by atoms with Gasteiger partial charge in [-0.2, -0.15) is 8.78 Å². The summed E-state index contributed by atoms with van der Waals surface area (Å²) in [5.74, 6) is -1.43. The number of hydrogen-bond acceptors (Lipinski definition) is 5. The molecule has 0 fully saturated rings. The van der Waals surface area contributed by atoms with Crippen molar-refractivity contribution in [1.82, 2.24) is 14.5 Å². The highest BCUT2D eigenvalue weighted by Crippen LogP contribution is 2.20. The van der Waals surface area contributed by atoms with Crippen LogP contribution in [0.4, 0.5) is 8.78 Å². The summed E-state index contributed by atoms with van der Waals surface area (Å²) in [5, 5.41) is 0. The van der Waals surface area contributed by atoms with E-state index in [0.29, 0.717) is 15.8 Å². The van der Waals surface area contributed by atoms with E-state index in [2.05, 4.69) is 14.7 Å². The molecule has 0 atom stereocenters. The van der Waals surface area contributed by atoms with E-state index < -0.39 is 25.1 Å². The number of H-pyrrole nitrogens is 1. The van der Waals surface area contributed by atoms with Gasteiger partial charge in [0.25, 0.3) is 0 Å². The van der Waals surface area contributed by atoms with Crippen LogP contribution in [0.2, 0.25) is 0 Å². The van der Waals surface area contributed by atoms with Gasteiger partial charge in [-0.1, -0.05) is 0 Å². The Morgan fingerprint density at radius 3 is 2.65 bits per heavy atom. The maximum atomic E-state index is 12.7. The second-order valence-corrected chi connectivity index (χ2v) is 4.72. The summed E-state index contributed by atoms with van der Waals surface area (Å²) >= 11 is 0. The quantitative estimate of drug-likeness (QED) is 0.852. The molecule has 0 saturated carbocycles. The van der Waals surface area contributed by atoms with Gasteiger partial charge in [0.05, 0.1) is 12.7 Å². The van der Waals surface area contributed by atoms with Crippen molar-refractivity contribution in [3.63, 3.8) is 0 Å². The Labute approximate surface area is 130 Å². The van der Waals surface area contributed by atoms with Crippen molar-refractivity contribution in [3.8, 4) is 0 Å². The van der Waals surface area contributed by atoms with Gasteiger partial charge in [0, 0.05) is 18.1 Å². The first-order chi connectivity index (χ1) is 10.9. The summed E-state index contributed by atoms with van der Waals surface area (Å²) < 4.78 is 35.6. The van der Waals surface area contributed by atoms with Gasteiger partial charge < -0.3 is 14.5 Å². The molecule has 0 unspecified atom stereocenters. The Kier molecular flexibility index (Phi) is 4.77. The number of ether oxygens (including phenoxy) is 2. The molecule has 2 aromatic rings. The van der Waals surface area contributed by atoms with Crippen LogP contribution in [0.5, 0.6) is 0 Å². The van der Waals surface area contributed by atoms with E-state index in [1.54, 1.807) is 13.8 Å². The molecule has 0 radical (unpaired) electrons. The van der Waals surface area contributed by atoms with Crippen molar-refractivity contribution >= 4 is 11.9 Å². The second-order valence-electron chi connectivity index (χ2n) is 4.72. The van der Waals surface area contributed by atoms with Crippen molar-refractivity contribution in [2.75, 3.05) is 7.11 Å². The lowest BCUT2D eigenvalue weighted by atomic mass is 10.1. The Balaban J connectivity index is 2.16. The summed E-state index contributed by atoms with van der Waals surface area (Å²) in [6.07, 6.45) is 2.28. The third-order valence-corrected chi connectivity index (χ3v) is 3.32. The largest absolute Gasteiger partial charge is 0.465 e. The highest BCUT2D eigenvalue weighted by molar-refractivity contribution is 5.98. The summed E-state index contributed by atoms with van der Waals surface area (Å²) in [7, 11) is 1.23. The van der Waals surface area contributed by atoms with Gasteiger partial charge in [0.15, 0.2) is 5.82 Å². The number of carbonyl (C=O) groups is 2. The first kappa shape index (κ1) is 16.7. The van der Waals surface area contributed by atoms with Crippen LogP contribution < -0.4 is 0 Å². The van der Waals surface area contributed by atoms with Gasteiger partial charge >= 0.3 is 18.5 Å². The molecular formula is C14H15F2N3O4. The van der Waals surface area contributed by atoms with Crippen LogP contribution in [-0.2, 0) is 16.1 Å². The van der Waals surface area contributed by atoms with Crippen LogP contribution >= 0.6 is 0 Å². The number of hydrogen-bond donors (Lipinski definition) is 1. The molecule has 0 bridgehead atoms. The van der Waals surface area contributed by atoms with Crippen molar-refractivity contribution in [2.24, 2.45) is 0 Å². The molecule has 124 valence electrons. The van der Waals surface area contributed by atoms with Crippen LogP contribution in [0.15, 0.2) is 12.4 Å². The molecule has 0 aliphatic rings. The smallest absolute Gasteiger partial charge is 0.355 e. The van der Waals surface area contributed by atoms with Gasteiger partial charge in [0.1, 0.15) is 12.3 Å². The van der Waals surface area contributed by atoms with Gasteiger partial charge in [-0.05, 0) is 19.4 Å². The number of nitrogens with zero attached hydrogens (tertiary/aromatic N) is 2. The van der Waals surface area contributed by atoms with E-state index in [4.69, 9.17) is 4.74 Å². The molecule has 2 heterocycles. The number of esters is 2. The maximum Gasteiger partial charge on any atom is 0.355 e. The number of rotatable bonds is 5. The highest BCUT2D eigenvalue weighted by atomic mass is 19.3. The van der Waals surface area contributed by atoms with Crippen LogP contribution in [0, 0.1) is 13.8 Å². The maximum absolute atomic E-state index is 12.7. The molecule has 0 amide bonds. The van der Waals surface area contributed by atoms with Crippen molar-refractivity contribution in [2.45, 2.75) is 27.0 Å². The Bertz CT molecular complexity index is 736. The number of nitrogens with one attached hydrogen (secondary N) is 1. The first-order valence-corrected chi connectivity index (χ1v) is 6.61. The molecule has 1 N–H and O–H groups in total. The molecule has 23 heavy (non-hydrogen) atoms. The SMILES string of the molecule is COC(=O)c1c(C)[nH]c(C(=O)OCc2nccn2C(F)F)c1C. The zero-order chi connectivity index (χ0) is 17.1. The molecule has 0 aromatic carbocycles. The fourth-order valence-electron chi connectivity index (χ4n) is 2.20. The Morgan fingerprint density at radius 2 is 2.04 bits per heavy atom. The van der Waals surface area contributed by atoms with Crippen LogP contribution in [0.25, 0.3) is 0 Å². The van der Waals surface area contributed by atoms with Crippen molar-refractivity contribution in [1.29, 1.82) is 0 Å². The second kappa shape index (κ2) is 6.59. The lowest BCUT2D eigenvalue weighted by Gasteiger charge is -2.07. The zero-order valence-electron chi connectivity index (χ0n) is 12.7. The summed E-state index contributed by atoms with van der Waals surface area (Å²) in [6.45, 7) is -0.0145. The molecule has 9 heteroatoms. The standard InChI is InChI=1S/C14H15F2N3O4/c1-7-10(12(20)22-3)8(2)18-11(7)13(21)23-6-9-17-4-5-19(9)14(15)16/h4-5,14,18H,6H2,1-3H3. The lowest BCUT2D eigenvalue weighted by molar-refractivity contribution is 0.0370. The number of alkyl halides is 2. The van der Waals surface area contributed by atoms with E-state index in [9.17, 15) is 18.4 Å². The predicted molar refractivity (Wildman–Crippen MR) is 74.2 cm³/mol. The molecule has 2 aromatic heterocycles. The van der Waals surface area contributed by atoms with Crippen LogP contribution in [-0.4, -0.2) is 33.6 Å². The minimum absolute atomic E-state index is 0.0676. The predicted octanol–water partition coefficient (Wildman–Crippen LogP) is 2.37. The third kappa shape index (κ3) is 3.22. The minimum atomic E-state index is -2.77. The number of halogens is 2. The third-order valence-electron chi connectivity index (χ3n) is 3.32. The molecule has 0 saturated heterocycles. The fraction of sp³-hybridized carbons (Fsp3) is 0.357.